The topological polar surface area (TPSA) is 41.6 Å². The molecule has 4 nitrogen and oxygen atoms in total. The maximum atomic E-state index is 12.1. The Balaban J connectivity index is 1.41. The number of hydrogen-bond donors (Lipinski definition) is 1. The van der Waals surface area contributed by atoms with Crippen LogP contribution in [0.5, 0.6) is 5.75 Å². The largest absolute Gasteiger partial charge is 0.483 e. The lowest BCUT2D eigenvalue weighted by Crippen LogP contribution is -2.32. The molecule has 0 atom stereocenters. The molecule has 1 saturated heterocycles. The van der Waals surface area contributed by atoms with Crippen LogP contribution in [-0.4, -0.2) is 42.8 Å². The minimum Gasteiger partial charge on any atom is -0.483 e. The number of rotatable bonds is 9. The molecule has 3 rings (SSSR count). The van der Waals surface area contributed by atoms with Gasteiger partial charge in [0.15, 0.2) is 6.61 Å². The van der Waals surface area contributed by atoms with Gasteiger partial charge in [0.25, 0.3) is 5.91 Å². The highest BCUT2D eigenvalue weighted by molar-refractivity contribution is 7.99. The molecule has 0 spiro atoms. The summed E-state index contributed by atoms with van der Waals surface area (Å²) in [6.45, 7) is 3.51. The number of ether oxygens (including phenoxy) is 1. The molecular weight excluding hydrogens is 344 g/mol. The van der Waals surface area contributed by atoms with Crippen LogP contribution >= 0.6 is 11.8 Å². The van der Waals surface area contributed by atoms with Crippen molar-refractivity contribution >= 4 is 17.7 Å². The average molecular weight is 371 g/mol. The van der Waals surface area contributed by atoms with E-state index in [4.69, 9.17) is 4.74 Å². The van der Waals surface area contributed by atoms with Crippen molar-refractivity contribution in [1.29, 1.82) is 0 Å². The first-order valence-electron chi connectivity index (χ1n) is 9.20. The quantitative estimate of drug-likeness (QED) is 0.541. The molecule has 1 N–H and O–H groups in total. The molecule has 1 aliphatic rings. The zero-order valence-electron chi connectivity index (χ0n) is 15.0. The first kappa shape index (κ1) is 18.8. The summed E-state index contributed by atoms with van der Waals surface area (Å²) in [6, 6.07) is 18.4. The van der Waals surface area contributed by atoms with E-state index in [0.29, 0.717) is 0 Å². The Bertz CT molecular complexity index is 687. The monoisotopic (exact) mass is 370 g/mol. The van der Waals surface area contributed by atoms with Crippen LogP contribution in [0, 0.1) is 0 Å². The minimum absolute atomic E-state index is 0.0875. The van der Waals surface area contributed by atoms with E-state index in [9.17, 15) is 4.79 Å². The highest BCUT2D eigenvalue weighted by Crippen LogP contribution is 2.19. The normalized spacial score (nSPS) is 13.8. The van der Waals surface area contributed by atoms with E-state index in [2.05, 4.69) is 29.6 Å². The molecule has 0 aromatic heterocycles. The number of likely N-dealkylation sites (tertiary alicyclic amines) is 1. The Morgan fingerprint density at radius 1 is 1.04 bits per heavy atom. The summed E-state index contributed by atoms with van der Waals surface area (Å²) in [6.07, 6.45) is 2.21. The van der Waals surface area contributed by atoms with Gasteiger partial charge in [0.05, 0.1) is 0 Å². The zero-order chi connectivity index (χ0) is 18.0. The molecule has 26 heavy (non-hydrogen) atoms. The number of nitrogens with one attached hydrogen (secondary N) is 1. The maximum Gasteiger partial charge on any atom is 0.260 e. The SMILES string of the molecule is O=C(COc1ccccc1CNCCSc1ccccc1)N1CCCC1. The molecular formula is C21H26N2O2S. The first-order valence-corrected chi connectivity index (χ1v) is 10.2. The Hall–Kier alpha value is -1.98. The number of thioether (sulfide) groups is 1. The summed E-state index contributed by atoms with van der Waals surface area (Å²) in [5, 5.41) is 3.46. The van der Waals surface area contributed by atoms with Gasteiger partial charge in [-0.2, -0.15) is 0 Å². The molecule has 1 fully saturated rings. The highest BCUT2D eigenvalue weighted by atomic mass is 32.2. The summed E-state index contributed by atoms with van der Waals surface area (Å²) >= 11 is 1.84. The van der Waals surface area contributed by atoms with Crippen LogP contribution in [0.3, 0.4) is 0 Å². The van der Waals surface area contributed by atoms with E-state index in [1.54, 1.807) is 0 Å². The van der Waals surface area contributed by atoms with E-state index in [-0.39, 0.29) is 12.5 Å². The van der Waals surface area contributed by atoms with Gasteiger partial charge in [0.2, 0.25) is 0 Å². The lowest BCUT2D eigenvalue weighted by molar-refractivity contribution is -0.132. The van der Waals surface area contributed by atoms with E-state index < -0.39 is 0 Å². The third-order valence-electron chi connectivity index (χ3n) is 4.39. The van der Waals surface area contributed by atoms with Crippen LogP contribution in [0.25, 0.3) is 0 Å². The summed E-state index contributed by atoms with van der Waals surface area (Å²) in [5.74, 6) is 1.90. The highest BCUT2D eigenvalue weighted by Gasteiger charge is 2.18. The van der Waals surface area contributed by atoms with Crippen molar-refractivity contribution in [2.75, 3.05) is 32.0 Å². The van der Waals surface area contributed by atoms with Crippen molar-refractivity contribution in [3.05, 3.63) is 60.2 Å². The second kappa shape index (κ2) is 10.2. The second-order valence-corrected chi connectivity index (χ2v) is 7.49. The number of amides is 1. The third-order valence-corrected chi connectivity index (χ3v) is 5.40. The molecule has 1 aliphatic heterocycles. The van der Waals surface area contributed by atoms with E-state index >= 15 is 0 Å². The van der Waals surface area contributed by atoms with E-state index in [1.165, 1.54) is 4.90 Å². The van der Waals surface area contributed by atoms with Crippen LogP contribution in [0.2, 0.25) is 0 Å². The fraction of sp³-hybridized carbons (Fsp3) is 0.381. The van der Waals surface area contributed by atoms with E-state index in [0.717, 1.165) is 56.1 Å². The first-order chi connectivity index (χ1) is 12.8. The number of carbonyl (C=O) groups excluding carboxylic acids is 1. The zero-order valence-corrected chi connectivity index (χ0v) is 15.8. The van der Waals surface area contributed by atoms with Crippen molar-refractivity contribution in [1.82, 2.24) is 10.2 Å². The van der Waals surface area contributed by atoms with Gasteiger partial charge < -0.3 is 15.0 Å². The number of nitrogens with zero attached hydrogens (tertiary/aromatic N) is 1. The summed E-state index contributed by atoms with van der Waals surface area (Å²) in [5.41, 5.74) is 1.09. The van der Waals surface area contributed by atoms with Crippen molar-refractivity contribution in [2.45, 2.75) is 24.3 Å². The fourth-order valence-electron chi connectivity index (χ4n) is 2.97. The molecule has 0 radical (unpaired) electrons. The van der Waals surface area contributed by atoms with Gasteiger partial charge in [-0.3, -0.25) is 4.79 Å². The van der Waals surface area contributed by atoms with Crippen molar-refractivity contribution in [3.8, 4) is 5.75 Å². The third kappa shape index (κ3) is 5.78. The molecule has 138 valence electrons. The predicted octanol–water partition coefficient (Wildman–Crippen LogP) is 3.57. The van der Waals surface area contributed by atoms with E-state index in [1.807, 2.05) is 47.0 Å². The molecule has 2 aromatic carbocycles. The van der Waals surface area contributed by atoms with Crippen LogP contribution in [0.4, 0.5) is 0 Å². The van der Waals surface area contributed by atoms with Gasteiger partial charge in [-0.15, -0.1) is 11.8 Å². The van der Waals surface area contributed by atoms with Gasteiger partial charge in [0.1, 0.15) is 5.75 Å². The minimum atomic E-state index is 0.0875. The Morgan fingerprint density at radius 3 is 2.58 bits per heavy atom. The molecule has 0 saturated carbocycles. The molecule has 1 heterocycles. The van der Waals surface area contributed by atoms with Crippen LogP contribution < -0.4 is 10.1 Å². The van der Waals surface area contributed by atoms with Crippen molar-refractivity contribution < 1.29 is 9.53 Å². The Morgan fingerprint density at radius 2 is 1.77 bits per heavy atom. The molecule has 1 amide bonds. The maximum absolute atomic E-state index is 12.1. The summed E-state index contributed by atoms with van der Waals surface area (Å²) in [4.78, 5) is 15.3. The van der Waals surface area contributed by atoms with Gasteiger partial charge in [-0.05, 0) is 31.0 Å². The predicted molar refractivity (Wildman–Crippen MR) is 107 cm³/mol. The molecule has 0 unspecified atom stereocenters. The van der Waals surface area contributed by atoms with Crippen LogP contribution in [-0.2, 0) is 11.3 Å². The second-order valence-electron chi connectivity index (χ2n) is 6.32. The standard InChI is InChI=1S/C21H26N2O2S/c24-21(23-13-6-7-14-23)17-25-20-11-5-4-8-18(20)16-22-12-15-26-19-9-2-1-3-10-19/h1-5,8-11,22H,6-7,12-17H2. The Labute approximate surface area is 159 Å². The number of benzene rings is 2. The van der Waals surface area contributed by atoms with Crippen molar-refractivity contribution in [3.63, 3.8) is 0 Å². The fourth-order valence-corrected chi connectivity index (χ4v) is 3.80. The van der Waals surface area contributed by atoms with Crippen LogP contribution in [0.15, 0.2) is 59.5 Å². The molecule has 5 heteroatoms. The van der Waals surface area contributed by atoms with Gasteiger partial charge in [-0.1, -0.05) is 36.4 Å². The van der Waals surface area contributed by atoms with Crippen LogP contribution in [0.1, 0.15) is 18.4 Å². The lowest BCUT2D eigenvalue weighted by atomic mass is 10.2. The van der Waals surface area contributed by atoms with Crippen molar-refractivity contribution in [2.24, 2.45) is 0 Å². The molecule has 0 aliphatic carbocycles. The van der Waals surface area contributed by atoms with Gasteiger partial charge >= 0.3 is 0 Å². The lowest BCUT2D eigenvalue weighted by Gasteiger charge is -2.17. The molecule has 0 bridgehead atoms. The number of carbonyl (C=O) groups is 1. The summed E-state index contributed by atoms with van der Waals surface area (Å²) < 4.78 is 5.80. The average Bonchev–Trinajstić information content (AvgIpc) is 3.22. The molecule has 2 aromatic rings. The smallest absolute Gasteiger partial charge is 0.260 e. The Kier molecular flexibility index (Phi) is 7.40. The number of hydrogen-bond acceptors (Lipinski definition) is 4. The van der Waals surface area contributed by atoms with Gasteiger partial charge in [0, 0.05) is 42.4 Å². The number of para-hydroxylation sites is 1. The summed E-state index contributed by atoms with van der Waals surface area (Å²) in [7, 11) is 0. The van der Waals surface area contributed by atoms with Gasteiger partial charge in [-0.25, -0.2) is 0 Å².